The van der Waals surface area contributed by atoms with E-state index < -0.39 is 0 Å². The molecule has 0 bridgehead atoms. The Morgan fingerprint density at radius 2 is 2.26 bits per heavy atom. The topological polar surface area (TPSA) is 51.2 Å². The van der Waals surface area contributed by atoms with Crippen molar-refractivity contribution in [3.63, 3.8) is 0 Å². The standard InChI is InChI=1S/C14H17FN2OS/c15-10-4-5-11-9(7-10)8-12(18-11)14(17-16)13-3-1-2-6-19-13/h4-5,7-8,13-14,17H,1-3,6,16H2. The van der Waals surface area contributed by atoms with Gasteiger partial charge in [0.25, 0.3) is 0 Å². The number of fused-ring (bicyclic) bond motifs is 1. The number of benzene rings is 1. The number of hydrogen-bond acceptors (Lipinski definition) is 4. The number of furan rings is 1. The van der Waals surface area contributed by atoms with E-state index in [0.29, 0.717) is 10.8 Å². The van der Waals surface area contributed by atoms with Crippen LogP contribution in [-0.2, 0) is 0 Å². The molecule has 0 amide bonds. The number of rotatable bonds is 3. The minimum Gasteiger partial charge on any atom is -0.459 e. The molecule has 1 aliphatic rings. The molecule has 3 nitrogen and oxygen atoms in total. The molecular weight excluding hydrogens is 263 g/mol. The average molecular weight is 280 g/mol. The molecule has 1 aromatic carbocycles. The lowest BCUT2D eigenvalue weighted by Gasteiger charge is -2.27. The Hall–Kier alpha value is -1.04. The van der Waals surface area contributed by atoms with Gasteiger partial charge in [-0.3, -0.25) is 5.84 Å². The van der Waals surface area contributed by atoms with Crippen LogP contribution < -0.4 is 11.3 Å². The van der Waals surface area contributed by atoms with E-state index in [1.54, 1.807) is 6.07 Å². The Bertz CT molecular complexity index is 566. The molecule has 3 N–H and O–H groups in total. The van der Waals surface area contributed by atoms with Crippen molar-refractivity contribution >= 4 is 22.7 Å². The average Bonchev–Trinajstić information content (AvgIpc) is 2.83. The van der Waals surface area contributed by atoms with Gasteiger partial charge in [0.15, 0.2) is 0 Å². The normalized spacial score (nSPS) is 21.7. The number of nitrogens with two attached hydrogens (primary N) is 1. The molecule has 0 spiro atoms. The maximum Gasteiger partial charge on any atom is 0.134 e. The second-order valence-electron chi connectivity index (χ2n) is 4.88. The summed E-state index contributed by atoms with van der Waals surface area (Å²) in [4.78, 5) is 0. The monoisotopic (exact) mass is 280 g/mol. The SMILES string of the molecule is NNC(c1cc2cc(F)ccc2o1)C1CCCCS1. The van der Waals surface area contributed by atoms with Crippen LogP contribution in [0.15, 0.2) is 28.7 Å². The fourth-order valence-electron chi connectivity index (χ4n) is 2.59. The summed E-state index contributed by atoms with van der Waals surface area (Å²) in [5, 5.41) is 1.21. The third-order valence-corrected chi connectivity index (χ3v) is 5.03. The molecule has 0 radical (unpaired) electrons. The van der Waals surface area contributed by atoms with Gasteiger partial charge in [-0.15, -0.1) is 0 Å². The van der Waals surface area contributed by atoms with Gasteiger partial charge in [-0.25, -0.2) is 9.82 Å². The van der Waals surface area contributed by atoms with E-state index in [0.717, 1.165) is 23.3 Å². The van der Waals surface area contributed by atoms with E-state index in [1.165, 1.54) is 25.0 Å². The van der Waals surface area contributed by atoms with Crippen LogP contribution in [0.3, 0.4) is 0 Å². The number of hydrazine groups is 1. The lowest BCUT2D eigenvalue weighted by molar-refractivity contribution is 0.409. The van der Waals surface area contributed by atoms with Crippen LogP contribution in [0.25, 0.3) is 11.0 Å². The van der Waals surface area contributed by atoms with Crippen LogP contribution in [0.5, 0.6) is 0 Å². The molecular formula is C14H17FN2OS. The summed E-state index contributed by atoms with van der Waals surface area (Å²) in [7, 11) is 0. The minimum atomic E-state index is -0.246. The molecule has 1 fully saturated rings. The predicted octanol–water partition coefficient (Wildman–Crippen LogP) is 3.36. The lowest BCUT2D eigenvalue weighted by Crippen LogP contribution is -2.36. The molecule has 0 saturated carbocycles. The number of halogens is 1. The summed E-state index contributed by atoms with van der Waals surface area (Å²) in [5.41, 5.74) is 3.56. The van der Waals surface area contributed by atoms with Gasteiger partial charge in [-0.1, -0.05) is 6.42 Å². The summed E-state index contributed by atoms with van der Waals surface area (Å²) in [5.74, 6) is 7.40. The zero-order valence-corrected chi connectivity index (χ0v) is 11.4. The number of hydrogen-bond donors (Lipinski definition) is 2. The molecule has 102 valence electrons. The van der Waals surface area contributed by atoms with Crippen molar-refractivity contribution in [1.29, 1.82) is 0 Å². The summed E-state index contributed by atoms with van der Waals surface area (Å²) < 4.78 is 19.0. The van der Waals surface area contributed by atoms with Gasteiger partial charge in [-0.2, -0.15) is 11.8 Å². The van der Waals surface area contributed by atoms with E-state index in [2.05, 4.69) is 5.43 Å². The van der Waals surface area contributed by atoms with Gasteiger partial charge in [-0.05, 0) is 42.9 Å². The van der Waals surface area contributed by atoms with Crippen molar-refractivity contribution in [1.82, 2.24) is 5.43 Å². The molecule has 19 heavy (non-hydrogen) atoms. The van der Waals surface area contributed by atoms with Crippen molar-refractivity contribution in [2.24, 2.45) is 5.84 Å². The van der Waals surface area contributed by atoms with E-state index >= 15 is 0 Å². The Morgan fingerprint density at radius 3 is 3.00 bits per heavy atom. The number of nitrogens with one attached hydrogen (secondary N) is 1. The maximum absolute atomic E-state index is 13.2. The largest absolute Gasteiger partial charge is 0.459 e. The van der Waals surface area contributed by atoms with Crippen LogP contribution in [0.4, 0.5) is 4.39 Å². The molecule has 2 aromatic rings. The summed E-state index contributed by atoms with van der Waals surface area (Å²) in [6, 6.07) is 6.44. The Labute approximate surface area is 115 Å². The third-order valence-electron chi connectivity index (χ3n) is 3.57. The molecule has 2 unspecified atom stereocenters. The van der Waals surface area contributed by atoms with Crippen molar-refractivity contribution in [2.75, 3.05) is 5.75 Å². The van der Waals surface area contributed by atoms with Crippen molar-refractivity contribution in [3.05, 3.63) is 35.8 Å². The second-order valence-corrected chi connectivity index (χ2v) is 6.23. The van der Waals surface area contributed by atoms with Crippen LogP contribution in [0.1, 0.15) is 31.1 Å². The number of thioether (sulfide) groups is 1. The Kier molecular flexibility index (Phi) is 3.77. The highest BCUT2D eigenvalue weighted by atomic mass is 32.2. The lowest BCUT2D eigenvalue weighted by atomic mass is 10.1. The summed E-state index contributed by atoms with van der Waals surface area (Å²) in [6.45, 7) is 0. The minimum absolute atomic E-state index is 0.0132. The fourth-order valence-corrected chi connectivity index (χ4v) is 4.00. The van der Waals surface area contributed by atoms with Crippen LogP contribution in [-0.4, -0.2) is 11.0 Å². The molecule has 1 saturated heterocycles. The summed E-state index contributed by atoms with van der Waals surface area (Å²) >= 11 is 1.93. The van der Waals surface area contributed by atoms with Gasteiger partial charge in [0, 0.05) is 10.6 Å². The highest BCUT2D eigenvalue weighted by Crippen LogP contribution is 2.36. The highest BCUT2D eigenvalue weighted by Gasteiger charge is 2.27. The van der Waals surface area contributed by atoms with Gasteiger partial charge >= 0.3 is 0 Å². The van der Waals surface area contributed by atoms with Crippen LogP contribution in [0.2, 0.25) is 0 Å². The molecule has 5 heteroatoms. The van der Waals surface area contributed by atoms with Gasteiger partial charge in [0.1, 0.15) is 17.2 Å². The molecule has 3 rings (SSSR count). The zero-order chi connectivity index (χ0) is 13.2. The van der Waals surface area contributed by atoms with Gasteiger partial charge in [0.2, 0.25) is 0 Å². The summed E-state index contributed by atoms with van der Waals surface area (Å²) in [6.07, 6.45) is 3.62. The van der Waals surface area contributed by atoms with Crippen molar-refractivity contribution in [3.8, 4) is 0 Å². The fraction of sp³-hybridized carbons (Fsp3) is 0.429. The predicted molar refractivity (Wildman–Crippen MR) is 76.3 cm³/mol. The van der Waals surface area contributed by atoms with Gasteiger partial charge < -0.3 is 4.42 Å². The first-order chi connectivity index (χ1) is 9.28. The first kappa shape index (κ1) is 13.0. The Morgan fingerprint density at radius 1 is 1.37 bits per heavy atom. The zero-order valence-electron chi connectivity index (χ0n) is 10.6. The molecule has 2 atom stereocenters. The van der Waals surface area contributed by atoms with E-state index in [4.69, 9.17) is 10.3 Å². The molecule has 1 aliphatic heterocycles. The molecule has 0 aliphatic carbocycles. The highest BCUT2D eigenvalue weighted by molar-refractivity contribution is 8.00. The van der Waals surface area contributed by atoms with Crippen LogP contribution in [0, 0.1) is 5.82 Å². The molecule has 1 aromatic heterocycles. The molecule has 2 heterocycles. The third kappa shape index (κ3) is 2.63. The van der Waals surface area contributed by atoms with Gasteiger partial charge in [0.05, 0.1) is 6.04 Å². The van der Waals surface area contributed by atoms with Crippen molar-refractivity contribution < 1.29 is 8.81 Å². The quantitative estimate of drug-likeness (QED) is 0.668. The van der Waals surface area contributed by atoms with E-state index in [-0.39, 0.29) is 11.9 Å². The van der Waals surface area contributed by atoms with E-state index in [9.17, 15) is 4.39 Å². The van der Waals surface area contributed by atoms with Crippen molar-refractivity contribution in [2.45, 2.75) is 30.6 Å². The van der Waals surface area contributed by atoms with Crippen LogP contribution >= 0.6 is 11.8 Å². The van der Waals surface area contributed by atoms with E-state index in [1.807, 2.05) is 17.8 Å². The Balaban J connectivity index is 1.91. The smallest absolute Gasteiger partial charge is 0.134 e. The first-order valence-electron chi connectivity index (χ1n) is 6.54. The second kappa shape index (κ2) is 5.53. The first-order valence-corrected chi connectivity index (χ1v) is 7.59. The maximum atomic E-state index is 13.2.